The van der Waals surface area contributed by atoms with Crippen LogP contribution in [0.2, 0.25) is 0 Å². The van der Waals surface area contributed by atoms with Crippen molar-refractivity contribution in [1.29, 1.82) is 0 Å². The molecule has 72 valence electrons. The Morgan fingerprint density at radius 1 is 1.25 bits per heavy atom. The summed E-state index contributed by atoms with van der Waals surface area (Å²) in [6.45, 7) is 8.47. The third kappa shape index (κ3) is 7.80. The maximum Gasteiger partial charge on any atom is 0.0723 e. The van der Waals surface area contributed by atoms with Gasteiger partial charge in [-0.3, -0.25) is 0 Å². The molecule has 1 atom stereocenters. The predicted octanol–water partition coefficient (Wildman–Crippen LogP) is 3.14. The molecule has 0 aliphatic rings. The molecule has 0 aliphatic carbocycles. The molecule has 12 heavy (non-hydrogen) atoms. The van der Waals surface area contributed by atoms with Gasteiger partial charge in [-0.2, -0.15) is 0 Å². The summed E-state index contributed by atoms with van der Waals surface area (Å²) < 4.78 is 0. The Labute approximate surface area is 76.5 Å². The van der Waals surface area contributed by atoms with Gasteiger partial charge in [-0.25, -0.2) is 0 Å². The summed E-state index contributed by atoms with van der Waals surface area (Å²) in [7, 11) is 0. The first-order valence-electron chi connectivity index (χ1n) is 4.85. The molecule has 0 amide bonds. The monoisotopic (exact) mass is 170 g/mol. The van der Waals surface area contributed by atoms with Gasteiger partial charge in [-0.05, 0) is 26.2 Å². The van der Waals surface area contributed by atoms with Crippen molar-refractivity contribution >= 4 is 0 Å². The number of aliphatic hydroxyl groups is 1. The fourth-order valence-electron chi connectivity index (χ4n) is 1.20. The van der Waals surface area contributed by atoms with Crippen LogP contribution in [0.1, 0.15) is 47.0 Å². The highest BCUT2D eigenvalue weighted by Gasteiger charge is 2.00. The second-order valence-electron chi connectivity index (χ2n) is 4.14. The standard InChI is InChI=1S/C11H22O/c1-9(2)6-5-7-11(12)8-10(3)4/h8-9,11-12H,5-7H2,1-4H3/t11-/m0/s1. The highest BCUT2D eigenvalue weighted by Crippen LogP contribution is 2.09. The molecule has 0 bridgehead atoms. The highest BCUT2D eigenvalue weighted by molar-refractivity contribution is 4.97. The fourth-order valence-corrected chi connectivity index (χ4v) is 1.20. The van der Waals surface area contributed by atoms with Crippen LogP contribution in [0.15, 0.2) is 11.6 Å². The average Bonchev–Trinajstić information content (AvgIpc) is 1.84. The number of hydrogen-bond acceptors (Lipinski definition) is 1. The number of aliphatic hydroxyl groups excluding tert-OH is 1. The van der Waals surface area contributed by atoms with Crippen LogP contribution in [-0.2, 0) is 0 Å². The summed E-state index contributed by atoms with van der Waals surface area (Å²) in [6, 6.07) is 0. The van der Waals surface area contributed by atoms with Gasteiger partial charge in [0.1, 0.15) is 0 Å². The molecule has 0 heterocycles. The van der Waals surface area contributed by atoms with Gasteiger partial charge in [-0.15, -0.1) is 0 Å². The van der Waals surface area contributed by atoms with E-state index in [2.05, 4.69) is 13.8 Å². The molecule has 1 nitrogen and oxygen atoms in total. The van der Waals surface area contributed by atoms with Crippen LogP contribution >= 0.6 is 0 Å². The van der Waals surface area contributed by atoms with E-state index in [0.717, 1.165) is 18.8 Å². The molecule has 0 fully saturated rings. The zero-order chi connectivity index (χ0) is 9.56. The zero-order valence-electron chi connectivity index (χ0n) is 8.80. The van der Waals surface area contributed by atoms with E-state index in [-0.39, 0.29) is 6.10 Å². The van der Waals surface area contributed by atoms with Crippen LogP contribution in [0.25, 0.3) is 0 Å². The first-order chi connectivity index (χ1) is 5.52. The molecule has 0 unspecified atom stereocenters. The summed E-state index contributed by atoms with van der Waals surface area (Å²) in [5.74, 6) is 0.754. The summed E-state index contributed by atoms with van der Waals surface area (Å²) in [6.07, 6.45) is 4.95. The minimum atomic E-state index is -0.228. The SMILES string of the molecule is CC(C)=C[C@@H](O)CCCC(C)C. The Morgan fingerprint density at radius 3 is 2.25 bits per heavy atom. The van der Waals surface area contributed by atoms with Gasteiger partial charge in [0.2, 0.25) is 0 Å². The van der Waals surface area contributed by atoms with Gasteiger partial charge in [-0.1, -0.05) is 38.3 Å². The quantitative estimate of drug-likeness (QED) is 0.628. The normalized spacial score (nSPS) is 13.2. The van der Waals surface area contributed by atoms with Crippen molar-refractivity contribution < 1.29 is 5.11 Å². The van der Waals surface area contributed by atoms with Crippen LogP contribution in [0, 0.1) is 5.92 Å². The van der Waals surface area contributed by atoms with Crippen LogP contribution in [-0.4, -0.2) is 11.2 Å². The first-order valence-corrected chi connectivity index (χ1v) is 4.85. The average molecular weight is 170 g/mol. The van der Waals surface area contributed by atoms with Crippen molar-refractivity contribution in [1.82, 2.24) is 0 Å². The second kappa shape index (κ2) is 6.24. The van der Waals surface area contributed by atoms with Gasteiger partial charge in [0.05, 0.1) is 6.10 Å². The predicted molar refractivity (Wildman–Crippen MR) is 54.1 cm³/mol. The summed E-state index contributed by atoms with van der Waals surface area (Å²) in [5, 5.41) is 9.46. The maximum atomic E-state index is 9.46. The van der Waals surface area contributed by atoms with E-state index >= 15 is 0 Å². The molecule has 0 aliphatic heterocycles. The number of rotatable bonds is 5. The molecule has 1 heteroatoms. The molecule has 0 rings (SSSR count). The van der Waals surface area contributed by atoms with Crippen molar-refractivity contribution in [3.8, 4) is 0 Å². The van der Waals surface area contributed by atoms with Crippen LogP contribution in [0.3, 0.4) is 0 Å². The number of hydrogen-bond donors (Lipinski definition) is 1. The van der Waals surface area contributed by atoms with Crippen molar-refractivity contribution in [2.75, 3.05) is 0 Å². The molecule has 0 spiro atoms. The third-order valence-corrected chi connectivity index (χ3v) is 1.81. The lowest BCUT2D eigenvalue weighted by molar-refractivity contribution is 0.205. The lowest BCUT2D eigenvalue weighted by Gasteiger charge is -2.07. The highest BCUT2D eigenvalue weighted by atomic mass is 16.3. The van der Waals surface area contributed by atoms with Gasteiger partial charge in [0.15, 0.2) is 0 Å². The Morgan fingerprint density at radius 2 is 1.83 bits per heavy atom. The molecule has 0 saturated carbocycles. The molecule has 0 saturated heterocycles. The minimum absolute atomic E-state index is 0.228. The Bertz CT molecular complexity index is 132. The Balaban J connectivity index is 3.44. The van der Waals surface area contributed by atoms with Crippen molar-refractivity contribution in [3.63, 3.8) is 0 Å². The molecular formula is C11H22O. The van der Waals surface area contributed by atoms with Gasteiger partial charge < -0.3 is 5.11 Å². The second-order valence-corrected chi connectivity index (χ2v) is 4.14. The summed E-state index contributed by atoms with van der Waals surface area (Å²) in [5.41, 5.74) is 1.20. The van der Waals surface area contributed by atoms with Crippen LogP contribution < -0.4 is 0 Å². The maximum absolute atomic E-state index is 9.46. The molecule has 0 aromatic carbocycles. The zero-order valence-corrected chi connectivity index (χ0v) is 8.80. The van der Waals surface area contributed by atoms with Gasteiger partial charge >= 0.3 is 0 Å². The molecule has 0 aromatic rings. The van der Waals surface area contributed by atoms with E-state index in [1.165, 1.54) is 12.0 Å². The Kier molecular flexibility index (Phi) is 6.09. The lowest BCUT2D eigenvalue weighted by atomic mass is 10.0. The third-order valence-electron chi connectivity index (χ3n) is 1.81. The first kappa shape index (κ1) is 11.7. The summed E-state index contributed by atoms with van der Waals surface area (Å²) in [4.78, 5) is 0. The van der Waals surface area contributed by atoms with E-state index < -0.39 is 0 Å². The van der Waals surface area contributed by atoms with E-state index in [1.807, 2.05) is 19.9 Å². The Hall–Kier alpha value is -0.300. The minimum Gasteiger partial charge on any atom is -0.389 e. The van der Waals surface area contributed by atoms with E-state index in [1.54, 1.807) is 0 Å². The van der Waals surface area contributed by atoms with Crippen molar-refractivity contribution in [2.24, 2.45) is 5.92 Å². The summed E-state index contributed by atoms with van der Waals surface area (Å²) >= 11 is 0. The van der Waals surface area contributed by atoms with E-state index in [9.17, 15) is 5.11 Å². The lowest BCUT2D eigenvalue weighted by Crippen LogP contribution is -2.03. The van der Waals surface area contributed by atoms with Crippen LogP contribution in [0.4, 0.5) is 0 Å². The smallest absolute Gasteiger partial charge is 0.0723 e. The van der Waals surface area contributed by atoms with Gasteiger partial charge in [0.25, 0.3) is 0 Å². The van der Waals surface area contributed by atoms with E-state index in [0.29, 0.717) is 0 Å². The van der Waals surface area contributed by atoms with Crippen LogP contribution in [0.5, 0.6) is 0 Å². The largest absolute Gasteiger partial charge is 0.389 e. The molecule has 1 N–H and O–H groups in total. The molecule has 0 aromatic heterocycles. The molecular weight excluding hydrogens is 148 g/mol. The van der Waals surface area contributed by atoms with E-state index in [4.69, 9.17) is 0 Å². The fraction of sp³-hybridized carbons (Fsp3) is 0.818. The topological polar surface area (TPSA) is 20.2 Å². The number of allylic oxidation sites excluding steroid dienone is 1. The van der Waals surface area contributed by atoms with Crippen molar-refractivity contribution in [2.45, 2.75) is 53.1 Å². The van der Waals surface area contributed by atoms with Crippen molar-refractivity contribution in [3.05, 3.63) is 11.6 Å². The molecule has 0 radical (unpaired) electrons. The van der Waals surface area contributed by atoms with Gasteiger partial charge in [0, 0.05) is 0 Å².